The van der Waals surface area contributed by atoms with Gasteiger partial charge in [0.05, 0.1) is 22.1 Å². The van der Waals surface area contributed by atoms with E-state index in [0.29, 0.717) is 11.0 Å². The Hall–Kier alpha value is -2.45. The molecule has 0 unspecified atom stereocenters. The third-order valence-corrected chi connectivity index (χ3v) is 5.20. The summed E-state index contributed by atoms with van der Waals surface area (Å²) in [6.45, 7) is 1.86. The van der Waals surface area contributed by atoms with Crippen molar-refractivity contribution in [2.24, 2.45) is 5.10 Å². The Morgan fingerprint density at radius 1 is 1.16 bits per heavy atom. The molecule has 0 atom stereocenters. The zero-order chi connectivity index (χ0) is 18.0. The summed E-state index contributed by atoms with van der Waals surface area (Å²) in [5.74, 6) is 0. The fourth-order valence-electron chi connectivity index (χ4n) is 2.14. The molecular formula is C17H13BrN2O4S. The van der Waals surface area contributed by atoms with Gasteiger partial charge in [-0.05, 0) is 37.3 Å². The number of benzene rings is 2. The zero-order valence-corrected chi connectivity index (χ0v) is 15.5. The van der Waals surface area contributed by atoms with Crippen molar-refractivity contribution in [1.29, 1.82) is 0 Å². The summed E-state index contributed by atoms with van der Waals surface area (Å²) in [4.78, 5) is 14.6. The van der Waals surface area contributed by atoms with Gasteiger partial charge in [0.15, 0.2) is 0 Å². The van der Waals surface area contributed by atoms with Crippen molar-refractivity contribution in [3.8, 4) is 0 Å². The minimum atomic E-state index is -3.80. The van der Waals surface area contributed by atoms with Crippen molar-refractivity contribution < 1.29 is 12.8 Å². The third kappa shape index (κ3) is 3.80. The molecule has 3 rings (SSSR count). The van der Waals surface area contributed by atoms with E-state index in [2.05, 4.69) is 25.9 Å². The van der Waals surface area contributed by atoms with Crippen LogP contribution in [-0.4, -0.2) is 14.6 Å². The highest BCUT2D eigenvalue weighted by Gasteiger charge is 2.12. The van der Waals surface area contributed by atoms with Crippen molar-refractivity contribution >= 4 is 43.1 Å². The first kappa shape index (κ1) is 17.4. The van der Waals surface area contributed by atoms with Gasteiger partial charge in [0.2, 0.25) is 5.43 Å². The maximum Gasteiger partial charge on any atom is 0.276 e. The van der Waals surface area contributed by atoms with Crippen LogP contribution in [0.4, 0.5) is 0 Å². The predicted octanol–water partition coefficient (Wildman–Crippen LogP) is 3.18. The van der Waals surface area contributed by atoms with E-state index in [4.69, 9.17) is 4.42 Å². The summed E-state index contributed by atoms with van der Waals surface area (Å²) in [6, 6.07) is 11.4. The lowest BCUT2D eigenvalue weighted by molar-refractivity contribution is 0.584. The van der Waals surface area contributed by atoms with Crippen molar-refractivity contribution in [2.45, 2.75) is 11.8 Å². The van der Waals surface area contributed by atoms with Gasteiger partial charge in [-0.25, -0.2) is 4.83 Å². The van der Waals surface area contributed by atoms with E-state index in [-0.39, 0.29) is 15.9 Å². The number of fused-ring (bicyclic) bond motifs is 1. The van der Waals surface area contributed by atoms with Crippen molar-refractivity contribution in [1.82, 2.24) is 4.83 Å². The molecule has 2 aromatic carbocycles. The molecule has 0 bridgehead atoms. The minimum Gasteiger partial charge on any atom is -0.463 e. The molecule has 25 heavy (non-hydrogen) atoms. The number of aryl methyl sites for hydroxylation is 1. The SMILES string of the molecule is Cc1ccc(S(=O)(=O)N/N=C/c2coc3ccc(Br)cc3c2=O)cc1. The van der Waals surface area contributed by atoms with Crippen LogP contribution in [0, 0.1) is 6.92 Å². The van der Waals surface area contributed by atoms with Crippen molar-refractivity contribution in [2.75, 3.05) is 0 Å². The molecule has 1 heterocycles. The van der Waals surface area contributed by atoms with Gasteiger partial charge in [0, 0.05) is 4.47 Å². The van der Waals surface area contributed by atoms with Crippen LogP contribution in [0.1, 0.15) is 11.1 Å². The summed E-state index contributed by atoms with van der Waals surface area (Å²) in [7, 11) is -3.80. The van der Waals surface area contributed by atoms with Gasteiger partial charge in [0.1, 0.15) is 11.8 Å². The topological polar surface area (TPSA) is 88.7 Å². The van der Waals surface area contributed by atoms with E-state index in [1.54, 1.807) is 30.3 Å². The van der Waals surface area contributed by atoms with Crippen molar-refractivity contribution in [3.05, 3.63) is 74.6 Å². The zero-order valence-electron chi connectivity index (χ0n) is 13.1. The molecule has 0 aliphatic carbocycles. The number of hydrazone groups is 1. The van der Waals surface area contributed by atoms with Crippen LogP contribution >= 0.6 is 15.9 Å². The predicted molar refractivity (Wildman–Crippen MR) is 99.3 cm³/mol. The smallest absolute Gasteiger partial charge is 0.276 e. The van der Waals surface area contributed by atoms with Gasteiger partial charge >= 0.3 is 0 Å². The molecule has 0 spiro atoms. The number of nitrogens with one attached hydrogen (secondary N) is 1. The highest BCUT2D eigenvalue weighted by Crippen LogP contribution is 2.17. The highest BCUT2D eigenvalue weighted by molar-refractivity contribution is 9.10. The first-order chi connectivity index (χ1) is 11.9. The molecule has 0 amide bonds. The van der Waals surface area contributed by atoms with Gasteiger partial charge in [0.25, 0.3) is 10.0 Å². The van der Waals surface area contributed by atoms with Crippen LogP contribution in [0.25, 0.3) is 11.0 Å². The van der Waals surface area contributed by atoms with E-state index in [1.807, 2.05) is 6.92 Å². The van der Waals surface area contributed by atoms with E-state index >= 15 is 0 Å². The third-order valence-electron chi connectivity index (χ3n) is 3.47. The summed E-state index contributed by atoms with van der Waals surface area (Å²) in [5.41, 5.74) is 1.21. The van der Waals surface area contributed by atoms with Gasteiger partial charge in [-0.15, -0.1) is 0 Å². The Balaban J connectivity index is 1.87. The lowest BCUT2D eigenvalue weighted by Crippen LogP contribution is -2.19. The molecule has 3 aromatic rings. The number of nitrogens with zero attached hydrogens (tertiary/aromatic N) is 1. The lowest BCUT2D eigenvalue weighted by atomic mass is 10.2. The maximum absolute atomic E-state index is 12.4. The standard InChI is InChI=1S/C17H13BrN2O4S/c1-11-2-5-14(6-3-11)25(22,23)20-19-9-12-10-24-16-7-4-13(18)8-15(16)17(12)21/h2-10,20H,1H3/b19-9+. The summed E-state index contributed by atoms with van der Waals surface area (Å²) in [6.07, 6.45) is 2.36. The molecule has 128 valence electrons. The normalized spacial score (nSPS) is 11.9. The van der Waals surface area contributed by atoms with E-state index in [0.717, 1.165) is 16.3 Å². The molecule has 8 heteroatoms. The highest BCUT2D eigenvalue weighted by atomic mass is 79.9. The Morgan fingerprint density at radius 2 is 1.88 bits per heavy atom. The molecule has 1 aromatic heterocycles. The molecule has 0 saturated carbocycles. The molecule has 0 fully saturated rings. The largest absolute Gasteiger partial charge is 0.463 e. The number of hydrogen-bond acceptors (Lipinski definition) is 5. The lowest BCUT2D eigenvalue weighted by Gasteiger charge is -2.03. The van der Waals surface area contributed by atoms with Crippen LogP contribution < -0.4 is 10.3 Å². The Kier molecular flexibility index (Phi) is 4.73. The average Bonchev–Trinajstić information content (AvgIpc) is 2.58. The first-order valence-electron chi connectivity index (χ1n) is 7.19. The quantitative estimate of drug-likeness (QED) is 0.518. The summed E-state index contributed by atoms with van der Waals surface area (Å²) >= 11 is 3.29. The number of halogens is 1. The van der Waals surface area contributed by atoms with Gasteiger partial charge < -0.3 is 4.42 Å². The fourth-order valence-corrected chi connectivity index (χ4v) is 3.30. The van der Waals surface area contributed by atoms with Crippen molar-refractivity contribution in [3.63, 3.8) is 0 Å². The van der Waals surface area contributed by atoms with Gasteiger partial charge in [-0.3, -0.25) is 4.79 Å². The second kappa shape index (κ2) is 6.81. The number of rotatable bonds is 4. The van der Waals surface area contributed by atoms with Crippen LogP contribution in [0.15, 0.2) is 72.4 Å². The maximum atomic E-state index is 12.4. The second-order valence-corrected chi connectivity index (χ2v) is 7.90. The van der Waals surface area contributed by atoms with Crippen LogP contribution in [0.5, 0.6) is 0 Å². The number of hydrogen-bond donors (Lipinski definition) is 1. The molecule has 0 saturated heterocycles. The first-order valence-corrected chi connectivity index (χ1v) is 9.47. The Bertz CT molecular complexity index is 1120. The second-order valence-electron chi connectivity index (χ2n) is 5.33. The minimum absolute atomic E-state index is 0.0877. The molecule has 6 nitrogen and oxygen atoms in total. The van der Waals surface area contributed by atoms with E-state index in [1.165, 1.54) is 18.4 Å². The molecule has 0 radical (unpaired) electrons. The Labute approximate surface area is 152 Å². The molecule has 1 N–H and O–H groups in total. The summed E-state index contributed by atoms with van der Waals surface area (Å²) < 4.78 is 30.4. The fraction of sp³-hybridized carbons (Fsp3) is 0.0588. The summed E-state index contributed by atoms with van der Waals surface area (Å²) in [5, 5.41) is 4.04. The molecule has 0 aliphatic heterocycles. The van der Waals surface area contributed by atoms with Crippen LogP contribution in [0.3, 0.4) is 0 Å². The van der Waals surface area contributed by atoms with E-state index in [9.17, 15) is 13.2 Å². The monoisotopic (exact) mass is 420 g/mol. The Morgan fingerprint density at radius 3 is 2.60 bits per heavy atom. The van der Waals surface area contributed by atoms with Crippen LogP contribution in [0.2, 0.25) is 0 Å². The number of sulfonamides is 1. The van der Waals surface area contributed by atoms with Crippen LogP contribution in [-0.2, 0) is 10.0 Å². The molecule has 0 aliphatic rings. The van der Waals surface area contributed by atoms with Gasteiger partial charge in [-0.2, -0.15) is 13.5 Å². The average molecular weight is 421 g/mol. The van der Waals surface area contributed by atoms with E-state index < -0.39 is 10.0 Å². The molecular weight excluding hydrogens is 408 g/mol. The van der Waals surface area contributed by atoms with Gasteiger partial charge in [-0.1, -0.05) is 33.6 Å².